The van der Waals surface area contributed by atoms with Crippen LogP contribution in [0.15, 0.2) is 24.3 Å². The molecule has 0 aromatic carbocycles. The molecular weight excluding hydrogens is 176 g/mol. The molecule has 0 N–H and O–H groups in total. The highest BCUT2D eigenvalue weighted by Gasteiger charge is 1.99. The molecule has 0 aliphatic carbocycles. The number of allylic oxidation sites excluding steroid dienone is 1. The number of hydrogen-bond acceptors (Lipinski definition) is 2. The van der Waals surface area contributed by atoms with E-state index >= 15 is 0 Å². The molecule has 0 radical (unpaired) electrons. The van der Waals surface area contributed by atoms with Gasteiger partial charge >= 0.3 is 5.97 Å². The van der Waals surface area contributed by atoms with E-state index in [1.54, 1.807) is 6.92 Å². The van der Waals surface area contributed by atoms with E-state index in [4.69, 9.17) is 4.74 Å². The fourth-order valence-corrected chi connectivity index (χ4v) is 0.945. The Kier molecular flexibility index (Phi) is 7.90. The molecule has 0 fully saturated rings. The molecule has 0 amide bonds. The van der Waals surface area contributed by atoms with E-state index in [0.29, 0.717) is 12.2 Å². The highest BCUT2D eigenvalue weighted by Crippen LogP contribution is 1.99. The van der Waals surface area contributed by atoms with E-state index in [0.717, 1.165) is 6.42 Å². The molecular formula is C12H20O2. The van der Waals surface area contributed by atoms with Gasteiger partial charge < -0.3 is 4.74 Å². The predicted molar refractivity (Wildman–Crippen MR) is 59.1 cm³/mol. The molecule has 14 heavy (non-hydrogen) atoms. The smallest absolute Gasteiger partial charge is 0.333 e. The summed E-state index contributed by atoms with van der Waals surface area (Å²) >= 11 is 0. The fourth-order valence-electron chi connectivity index (χ4n) is 0.945. The van der Waals surface area contributed by atoms with Gasteiger partial charge in [0.1, 0.15) is 6.61 Å². The van der Waals surface area contributed by atoms with Crippen LogP contribution in [0.25, 0.3) is 0 Å². The Bertz CT molecular complexity index is 204. The first-order valence-electron chi connectivity index (χ1n) is 5.16. The lowest BCUT2D eigenvalue weighted by molar-refractivity contribution is -0.137. The van der Waals surface area contributed by atoms with Gasteiger partial charge in [-0.15, -0.1) is 0 Å². The zero-order valence-corrected chi connectivity index (χ0v) is 9.21. The second-order valence-corrected chi connectivity index (χ2v) is 3.35. The lowest BCUT2D eigenvalue weighted by atomic mass is 10.2. The van der Waals surface area contributed by atoms with Gasteiger partial charge in [0.15, 0.2) is 0 Å². The van der Waals surface area contributed by atoms with Gasteiger partial charge in [0.25, 0.3) is 0 Å². The zero-order chi connectivity index (χ0) is 10.8. The predicted octanol–water partition coefficient (Wildman–Crippen LogP) is 3.24. The van der Waals surface area contributed by atoms with Gasteiger partial charge in [-0.25, -0.2) is 4.79 Å². The van der Waals surface area contributed by atoms with Crippen LogP contribution in [0.3, 0.4) is 0 Å². The van der Waals surface area contributed by atoms with Crippen LogP contribution in [0.5, 0.6) is 0 Å². The largest absolute Gasteiger partial charge is 0.458 e. The second-order valence-electron chi connectivity index (χ2n) is 3.35. The minimum atomic E-state index is -0.316. The van der Waals surface area contributed by atoms with E-state index in [1.165, 1.54) is 19.3 Å². The van der Waals surface area contributed by atoms with Gasteiger partial charge in [-0.1, -0.05) is 38.5 Å². The Morgan fingerprint density at radius 3 is 2.64 bits per heavy atom. The van der Waals surface area contributed by atoms with Crippen molar-refractivity contribution in [2.75, 3.05) is 6.61 Å². The number of unbranched alkanes of at least 4 members (excludes halogenated alkanes) is 3. The fraction of sp³-hybridized carbons (Fsp3) is 0.583. The van der Waals surface area contributed by atoms with Crippen LogP contribution in [-0.2, 0) is 9.53 Å². The number of hydrogen-bond donors (Lipinski definition) is 0. The monoisotopic (exact) mass is 196 g/mol. The maximum Gasteiger partial charge on any atom is 0.333 e. The maximum atomic E-state index is 10.9. The van der Waals surface area contributed by atoms with Gasteiger partial charge in [-0.2, -0.15) is 0 Å². The van der Waals surface area contributed by atoms with Gasteiger partial charge in [0, 0.05) is 5.57 Å². The molecule has 0 saturated heterocycles. The van der Waals surface area contributed by atoms with E-state index < -0.39 is 0 Å². The first-order chi connectivity index (χ1) is 6.68. The number of rotatable bonds is 7. The third kappa shape index (κ3) is 7.59. The van der Waals surface area contributed by atoms with Crippen molar-refractivity contribution in [1.82, 2.24) is 0 Å². The first kappa shape index (κ1) is 12.9. The summed E-state index contributed by atoms with van der Waals surface area (Å²) in [6, 6.07) is 0. The van der Waals surface area contributed by atoms with E-state index in [-0.39, 0.29) is 5.97 Å². The van der Waals surface area contributed by atoms with E-state index in [9.17, 15) is 4.79 Å². The molecule has 80 valence electrons. The van der Waals surface area contributed by atoms with Crippen LogP contribution in [0.1, 0.15) is 39.5 Å². The molecule has 0 bridgehead atoms. The normalized spacial score (nSPS) is 10.4. The molecule has 0 heterocycles. The molecule has 0 aliphatic heterocycles. The Balaban J connectivity index is 3.35. The maximum absolute atomic E-state index is 10.9. The van der Waals surface area contributed by atoms with Crippen molar-refractivity contribution in [3.63, 3.8) is 0 Å². The number of carbonyl (C=O) groups excluding carboxylic acids is 1. The van der Waals surface area contributed by atoms with Crippen molar-refractivity contribution >= 4 is 5.97 Å². The highest BCUT2D eigenvalue weighted by atomic mass is 16.5. The van der Waals surface area contributed by atoms with Crippen LogP contribution in [0, 0.1) is 0 Å². The van der Waals surface area contributed by atoms with Gasteiger partial charge in [0.2, 0.25) is 0 Å². The minimum absolute atomic E-state index is 0.316. The third-order valence-electron chi connectivity index (χ3n) is 1.80. The molecule has 0 aromatic rings. The Hall–Kier alpha value is -1.05. The summed E-state index contributed by atoms with van der Waals surface area (Å²) < 4.78 is 4.88. The molecule has 0 unspecified atom stereocenters. The summed E-state index contributed by atoms with van der Waals surface area (Å²) in [5, 5.41) is 0. The molecule has 2 heteroatoms. The standard InChI is InChI=1S/C12H20O2/c1-4-5-6-7-8-9-10-14-12(13)11(2)3/h8-9H,2,4-7,10H2,1,3H3/b9-8+. The van der Waals surface area contributed by atoms with Crippen molar-refractivity contribution in [2.24, 2.45) is 0 Å². The van der Waals surface area contributed by atoms with Crippen LogP contribution in [-0.4, -0.2) is 12.6 Å². The average molecular weight is 196 g/mol. The molecule has 0 saturated carbocycles. The summed E-state index contributed by atoms with van der Waals surface area (Å²) in [7, 11) is 0. The van der Waals surface area contributed by atoms with Crippen molar-refractivity contribution < 1.29 is 9.53 Å². The number of esters is 1. The molecule has 0 aromatic heterocycles. The molecule has 0 aliphatic rings. The first-order valence-corrected chi connectivity index (χ1v) is 5.16. The quantitative estimate of drug-likeness (QED) is 0.270. The Morgan fingerprint density at radius 1 is 1.36 bits per heavy atom. The summed E-state index contributed by atoms with van der Waals surface area (Å²) in [5.41, 5.74) is 0.449. The summed E-state index contributed by atoms with van der Waals surface area (Å²) in [6.07, 6.45) is 8.71. The van der Waals surface area contributed by atoms with Gasteiger partial charge in [0.05, 0.1) is 0 Å². The van der Waals surface area contributed by atoms with Crippen LogP contribution in [0.4, 0.5) is 0 Å². The minimum Gasteiger partial charge on any atom is -0.458 e. The van der Waals surface area contributed by atoms with Crippen LogP contribution < -0.4 is 0 Å². The Labute approximate surface area is 86.6 Å². The lowest BCUT2D eigenvalue weighted by Crippen LogP contribution is -2.04. The summed E-state index contributed by atoms with van der Waals surface area (Å²) in [6.45, 7) is 7.68. The van der Waals surface area contributed by atoms with Crippen LogP contribution in [0.2, 0.25) is 0 Å². The SMILES string of the molecule is C=C(C)C(=O)OC/C=C/CCCCC. The number of ether oxygens (including phenoxy) is 1. The molecule has 0 rings (SSSR count). The van der Waals surface area contributed by atoms with Crippen molar-refractivity contribution in [1.29, 1.82) is 0 Å². The lowest BCUT2D eigenvalue weighted by Gasteiger charge is -1.99. The van der Waals surface area contributed by atoms with Crippen molar-refractivity contribution in [2.45, 2.75) is 39.5 Å². The highest BCUT2D eigenvalue weighted by molar-refractivity contribution is 5.86. The average Bonchev–Trinajstić information content (AvgIpc) is 2.16. The number of carbonyl (C=O) groups is 1. The van der Waals surface area contributed by atoms with Crippen molar-refractivity contribution in [3.8, 4) is 0 Å². The van der Waals surface area contributed by atoms with Crippen LogP contribution >= 0.6 is 0 Å². The van der Waals surface area contributed by atoms with Gasteiger partial charge in [-0.3, -0.25) is 0 Å². The third-order valence-corrected chi connectivity index (χ3v) is 1.80. The summed E-state index contributed by atoms with van der Waals surface area (Å²) in [4.78, 5) is 10.9. The second kappa shape index (κ2) is 8.54. The zero-order valence-electron chi connectivity index (χ0n) is 9.21. The topological polar surface area (TPSA) is 26.3 Å². The van der Waals surface area contributed by atoms with Gasteiger partial charge in [-0.05, 0) is 19.8 Å². The van der Waals surface area contributed by atoms with E-state index in [1.807, 2.05) is 6.08 Å². The van der Waals surface area contributed by atoms with E-state index in [2.05, 4.69) is 19.6 Å². The summed E-state index contributed by atoms with van der Waals surface area (Å²) in [5.74, 6) is -0.316. The molecule has 0 atom stereocenters. The Morgan fingerprint density at radius 2 is 2.07 bits per heavy atom. The molecule has 0 spiro atoms. The van der Waals surface area contributed by atoms with Crippen molar-refractivity contribution in [3.05, 3.63) is 24.3 Å². The molecule has 2 nitrogen and oxygen atoms in total.